The molecule has 0 saturated carbocycles. The van der Waals surface area contributed by atoms with E-state index < -0.39 is 5.79 Å². The molecule has 0 aliphatic carbocycles. The number of nitrogens with one attached hydrogen (secondary N) is 2. The second-order valence-electron chi connectivity index (χ2n) is 8.75. The number of hydrogen-bond acceptors (Lipinski definition) is 9. The van der Waals surface area contributed by atoms with Gasteiger partial charge in [0.25, 0.3) is 0 Å². The predicted molar refractivity (Wildman–Crippen MR) is 143 cm³/mol. The zero-order valence-corrected chi connectivity index (χ0v) is 20.4. The number of amidine groups is 2. The number of benzene rings is 3. The highest BCUT2D eigenvalue weighted by molar-refractivity contribution is 6.45. The SMILES string of the molecule is COc1cc(NC2=NC=CN3NC(N)(c4ccc5cnn(Cc6ccccc6)c5c4)N=C23)cc(OC)c1. The van der Waals surface area contributed by atoms with Crippen LogP contribution in [0.25, 0.3) is 10.9 Å². The van der Waals surface area contributed by atoms with Crippen molar-refractivity contribution in [1.82, 2.24) is 20.2 Å². The van der Waals surface area contributed by atoms with Crippen molar-refractivity contribution < 1.29 is 9.47 Å². The second-order valence-corrected chi connectivity index (χ2v) is 8.75. The van der Waals surface area contributed by atoms with Crippen molar-refractivity contribution in [2.75, 3.05) is 19.5 Å². The summed E-state index contributed by atoms with van der Waals surface area (Å²) in [6, 6.07) is 21.8. The van der Waals surface area contributed by atoms with Gasteiger partial charge in [-0.1, -0.05) is 42.5 Å². The molecular formula is C27H26N8O2. The Balaban J connectivity index is 1.32. The van der Waals surface area contributed by atoms with Gasteiger partial charge in [0.2, 0.25) is 5.79 Å². The van der Waals surface area contributed by atoms with Crippen LogP contribution in [0.5, 0.6) is 11.5 Å². The highest BCUT2D eigenvalue weighted by atomic mass is 16.5. The van der Waals surface area contributed by atoms with E-state index in [9.17, 15) is 0 Å². The zero-order chi connectivity index (χ0) is 25.4. The summed E-state index contributed by atoms with van der Waals surface area (Å²) >= 11 is 0. The quantitative estimate of drug-likeness (QED) is 0.376. The minimum Gasteiger partial charge on any atom is -0.497 e. The van der Waals surface area contributed by atoms with Gasteiger partial charge in [-0.2, -0.15) is 10.5 Å². The average Bonchev–Trinajstić information content (AvgIpc) is 3.50. The van der Waals surface area contributed by atoms with Gasteiger partial charge in [0.15, 0.2) is 11.7 Å². The fourth-order valence-electron chi connectivity index (χ4n) is 4.41. The lowest BCUT2D eigenvalue weighted by atomic mass is 10.1. The number of anilines is 1. The van der Waals surface area contributed by atoms with Crippen LogP contribution in [0, 0.1) is 0 Å². The van der Waals surface area contributed by atoms with E-state index >= 15 is 0 Å². The summed E-state index contributed by atoms with van der Waals surface area (Å²) in [4.78, 5) is 9.35. The molecule has 1 unspecified atom stereocenters. The molecule has 0 bridgehead atoms. The fraction of sp³-hybridized carbons (Fsp3) is 0.148. The van der Waals surface area contributed by atoms with Gasteiger partial charge in [-0.25, -0.2) is 9.98 Å². The van der Waals surface area contributed by atoms with Crippen LogP contribution in [0.2, 0.25) is 0 Å². The summed E-state index contributed by atoms with van der Waals surface area (Å²) in [5.41, 5.74) is 13.8. The number of hydrogen-bond donors (Lipinski definition) is 3. The van der Waals surface area contributed by atoms with Crippen LogP contribution in [0.1, 0.15) is 11.1 Å². The summed E-state index contributed by atoms with van der Waals surface area (Å²) < 4.78 is 12.7. The summed E-state index contributed by atoms with van der Waals surface area (Å²) in [5.74, 6) is 1.21. The Morgan fingerprint density at radius 2 is 1.78 bits per heavy atom. The van der Waals surface area contributed by atoms with Crippen LogP contribution >= 0.6 is 0 Å². The number of ether oxygens (including phenoxy) is 2. The first-order valence-electron chi connectivity index (χ1n) is 11.8. The standard InChI is InChI=1S/C27H26N8O2/c1-36-22-13-21(14-23(15-22)37-2)31-25-26-32-27(28,33-34(26)11-10-29-25)20-9-8-19-16-30-35(24(19)12-20)17-18-6-4-3-5-7-18/h3-16,33H,17,28H2,1-2H3,(H,29,31). The zero-order valence-electron chi connectivity index (χ0n) is 20.4. The van der Waals surface area contributed by atoms with Gasteiger partial charge in [-0.15, -0.1) is 0 Å². The monoisotopic (exact) mass is 494 g/mol. The predicted octanol–water partition coefficient (Wildman–Crippen LogP) is 3.38. The minimum absolute atomic E-state index is 0.535. The van der Waals surface area contributed by atoms with E-state index in [2.05, 4.69) is 33.0 Å². The third-order valence-electron chi connectivity index (χ3n) is 6.31. The molecule has 4 N–H and O–H groups in total. The average molecular weight is 495 g/mol. The van der Waals surface area contributed by atoms with Gasteiger partial charge in [-0.3, -0.25) is 15.4 Å². The van der Waals surface area contributed by atoms with Gasteiger partial charge in [0.1, 0.15) is 11.5 Å². The van der Waals surface area contributed by atoms with Gasteiger partial charge in [-0.05, 0) is 11.6 Å². The van der Waals surface area contributed by atoms with Crippen LogP contribution in [-0.2, 0) is 12.3 Å². The van der Waals surface area contributed by atoms with E-state index in [0.29, 0.717) is 29.7 Å². The minimum atomic E-state index is -1.20. The van der Waals surface area contributed by atoms with Crippen molar-refractivity contribution in [1.29, 1.82) is 0 Å². The number of hydrazine groups is 1. The number of methoxy groups -OCH3 is 2. The van der Waals surface area contributed by atoms with Crippen molar-refractivity contribution in [3.05, 3.63) is 96.5 Å². The molecule has 0 saturated heterocycles. The molecule has 1 aromatic heterocycles. The molecule has 6 rings (SSSR count). The molecule has 1 atom stereocenters. The molecule has 0 spiro atoms. The first-order valence-corrected chi connectivity index (χ1v) is 11.8. The molecule has 10 heteroatoms. The van der Waals surface area contributed by atoms with Crippen LogP contribution in [0.3, 0.4) is 0 Å². The van der Waals surface area contributed by atoms with Crippen LogP contribution in [0.15, 0.2) is 95.3 Å². The van der Waals surface area contributed by atoms with Crippen LogP contribution < -0.4 is 25.9 Å². The van der Waals surface area contributed by atoms with Gasteiger partial charge >= 0.3 is 0 Å². The normalized spacial score (nSPS) is 18.4. The molecule has 10 nitrogen and oxygen atoms in total. The van der Waals surface area contributed by atoms with Crippen molar-refractivity contribution in [2.24, 2.45) is 15.7 Å². The molecule has 3 aromatic carbocycles. The number of nitrogens with zero attached hydrogens (tertiary/aromatic N) is 5. The molecule has 0 amide bonds. The number of aliphatic imine (C=N–C) groups is 2. The number of rotatable bonds is 6. The van der Waals surface area contributed by atoms with Crippen molar-refractivity contribution >= 4 is 28.3 Å². The Labute approximate surface area is 213 Å². The van der Waals surface area contributed by atoms with Crippen molar-refractivity contribution in [3.63, 3.8) is 0 Å². The lowest BCUT2D eigenvalue weighted by Crippen LogP contribution is -2.51. The third-order valence-corrected chi connectivity index (χ3v) is 6.31. The summed E-state index contributed by atoms with van der Waals surface area (Å²) in [6.45, 7) is 0.660. The first kappa shape index (κ1) is 22.8. The largest absolute Gasteiger partial charge is 0.497 e. The molecular weight excluding hydrogens is 468 g/mol. The Bertz CT molecular complexity index is 1540. The second kappa shape index (κ2) is 9.08. The van der Waals surface area contributed by atoms with Gasteiger partial charge in [0, 0.05) is 47.2 Å². The Hall–Kier alpha value is -4.67. The maximum absolute atomic E-state index is 6.82. The molecule has 0 fully saturated rings. The number of nitrogens with two attached hydrogens (primary N) is 1. The molecule has 3 heterocycles. The third kappa shape index (κ3) is 4.28. The lowest BCUT2D eigenvalue weighted by Gasteiger charge is -2.25. The fourth-order valence-corrected chi connectivity index (χ4v) is 4.41. The number of fused-ring (bicyclic) bond motifs is 2. The first-order chi connectivity index (χ1) is 18.0. The Morgan fingerprint density at radius 3 is 2.54 bits per heavy atom. The highest BCUT2D eigenvalue weighted by Crippen LogP contribution is 2.30. The molecule has 2 aliphatic rings. The van der Waals surface area contributed by atoms with Crippen LogP contribution in [-0.4, -0.2) is 40.7 Å². The molecule has 4 aromatic rings. The Kier molecular flexibility index (Phi) is 5.59. The van der Waals surface area contributed by atoms with Crippen molar-refractivity contribution in [3.8, 4) is 11.5 Å². The van der Waals surface area contributed by atoms with E-state index in [-0.39, 0.29) is 0 Å². The summed E-state index contributed by atoms with van der Waals surface area (Å²) in [7, 11) is 3.22. The molecule has 0 radical (unpaired) electrons. The van der Waals surface area contributed by atoms with E-state index in [1.807, 2.05) is 59.4 Å². The highest BCUT2D eigenvalue weighted by Gasteiger charge is 2.39. The van der Waals surface area contributed by atoms with E-state index in [1.165, 1.54) is 5.56 Å². The molecule has 2 aliphatic heterocycles. The Morgan fingerprint density at radius 1 is 1.00 bits per heavy atom. The maximum atomic E-state index is 6.82. The summed E-state index contributed by atoms with van der Waals surface area (Å²) in [6.07, 6.45) is 5.32. The van der Waals surface area contributed by atoms with Crippen LogP contribution in [0.4, 0.5) is 5.69 Å². The topological polar surface area (TPSA) is 114 Å². The van der Waals surface area contributed by atoms with Crippen molar-refractivity contribution in [2.45, 2.75) is 12.3 Å². The number of aromatic nitrogens is 2. The van der Waals surface area contributed by atoms with E-state index in [1.54, 1.807) is 37.7 Å². The van der Waals surface area contributed by atoms with E-state index in [0.717, 1.165) is 22.2 Å². The van der Waals surface area contributed by atoms with E-state index in [4.69, 9.17) is 20.2 Å². The maximum Gasteiger partial charge on any atom is 0.208 e. The van der Waals surface area contributed by atoms with Gasteiger partial charge in [0.05, 0.1) is 32.5 Å². The van der Waals surface area contributed by atoms with Gasteiger partial charge < -0.3 is 14.8 Å². The molecule has 37 heavy (non-hydrogen) atoms. The summed E-state index contributed by atoms with van der Waals surface area (Å²) in [5, 5.41) is 10.7. The smallest absolute Gasteiger partial charge is 0.208 e. The lowest BCUT2D eigenvalue weighted by molar-refractivity contribution is 0.274. The molecule has 186 valence electrons.